The molecule has 2 aliphatic heterocycles. The fraction of sp³-hybridized carbons (Fsp3) is 0.238. The first-order chi connectivity index (χ1) is 14.8. The van der Waals surface area contributed by atoms with E-state index in [9.17, 15) is 0 Å². The van der Waals surface area contributed by atoms with Crippen LogP contribution in [0.1, 0.15) is 0 Å². The molecule has 5 heterocycles. The van der Waals surface area contributed by atoms with E-state index in [0.29, 0.717) is 0 Å². The van der Waals surface area contributed by atoms with Crippen LogP contribution in [-0.2, 0) is 4.74 Å². The van der Waals surface area contributed by atoms with Crippen molar-refractivity contribution >= 4 is 34.0 Å². The Kier molecular flexibility index (Phi) is 4.19. The smallest absolute Gasteiger partial charge is 0.160 e. The molecule has 6 rings (SSSR count). The monoisotopic (exact) mass is 419 g/mol. The Labute approximate surface area is 177 Å². The maximum absolute atomic E-state index is 6.48. The third-order valence-electron chi connectivity index (χ3n) is 5.67. The van der Waals surface area contributed by atoms with Gasteiger partial charge in [0.05, 0.1) is 30.6 Å². The topological polar surface area (TPSA) is 87.7 Å². The lowest BCUT2D eigenvalue weighted by Crippen LogP contribution is -2.49. The summed E-state index contributed by atoms with van der Waals surface area (Å²) in [6, 6.07) is 8.51. The van der Waals surface area contributed by atoms with Gasteiger partial charge in [-0.15, -0.1) is 0 Å². The van der Waals surface area contributed by atoms with Crippen LogP contribution in [-0.4, -0.2) is 56.3 Å². The molecule has 3 aromatic heterocycles. The van der Waals surface area contributed by atoms with E-state index in [0.717, 1.165) is 65.5 Å². The highest BCUT2D eigenvalue weighted by Crippen LogP contribution is 2.39. The van der Waals surface area contributed by atoms with Crippen molar-refractivity contribution < 1.29 is 4.74 Å². The Morgan fingerprint density at radius 1 is 1.17 bits per heavy atom. The summed E-state index contributed by atoms with van der Waals surface area (Å²) in [5.41, 5.74) is 11.7. The number of ether oxygens (including phenoxy) is 1. The number of aromatic amines is 1. The van der Waals surface area contributed by atoms with E-state index in [2.05, 4.69) is 59.8 Å². The van der Waals surface area contributed by atoms with Gasteiger partial charge in [-0.2, -0.15) is 5.10 Å². The summed E-state index contributed by atoms with van der Waals surface area (Å²) in [6.07, 6.45) is 7.75. The zero-order valence-electron chi connectivity index (χ0n) is 16.2. The van der Waals surface area contributed by atoms with E-state index in [1.54, 1.807) is 11.8 Å². The lowest BCUT2D eigenvalue weighted by Gasteiger charge is -2.38. The van der Waals surface area contributed by atoms with Gasteiger partial charge >= 0.3 is 0 Å². The second-order valence-corrected chi connectivity index (χ2v) is 8.40. The normalized spacial score (nSPS) is 20.3. The summed E-state index contributed by atoms with van der Waals surface area (Å²) < 4.78 is 7.61. The van der Waals surface area contributed by atoms with Gasteiger partial charge in [0.1, 0.15) is 11.3 Å². The lowest BCUT2D eigenvalue weighted by molar-refractivity contribution is 0.0334. The minimum Gasteiger partial charge on any atom is -0.385 e. The molecule has 4 aromatic rings. The molecular weight excluding hydrogens is 398 g/mol. The number of thioether (sulfide) groups is 1. The molecule has 152 valence electrons. The molecule has 0 bridgehead atoms. The van der Waals surface area contributed by atoms with Crippen LogP contribution in [0.5, 0.6) is 0 Å². The van der Waals surface area contributed by atoms with Crippen LogP contribution in [0.4, 0.5) is 5.69 Å². The molecule has 0 amide bonds. The number of hydrogen-bond donors (Lipinski definition) is 2. The Balaban J connectivity index is 1.48. The summed E-state index contributed by atoms with van der Waals surface area (Å²) in [5.74, 6) is 0.738. The van der Waals surface area contributed by atoms with Gasteiger partial charge in [0.2, 0.25) is 0 Å². The van der Waals surface area contributed by atoms with Crippen molar-refractivity contribution in [3.8, 4) is 11.1 Å². The van der Waals surface area contributed by atoms with Gasteiger partial charge in [0.15, 0.2) is 5.65 Å². The van der Waals surface area contributed by atoms with Gasteiger partial charge in [-0.1, -0.05) is 23.9 Å². The summed E-state index contributed by atoms with van der Waals surface area (Å²) >= 11 is 1.73. The number of nitrogens with two attached hydrogens (primary N) is 1. The fourth-order valence-electron chi connectivity index (χ4n) is 4.15. The van der Waals surface area contributed by atoms with Crippen molar-refractivity contribution in [1.82, 2.24) is 24.5 Å². The quantitative estimate of drug-likeness (QED) is 0.528. The molecular formula is C21H21N7OS. The molecule has 3 N–H and O–H groups in total. The number of pyridine rings is 1. The maximum atomic E-state index is 6.48. The highest BCUT2D eigenvalue weighted by atomic mass is 32.2. The first-order valence-electron chi connectivity index (χ1n) is 9.90. The number of aromatic nitrogens is 4. The van der Waals surface area contributed by atoms with Crippen LogP contribution in [0.2, 0.25) is 0 Å². The number of rotatable bonds is 3. The van der Waals surface area contributed by atoms with E-state index >= 15 is 0 Å². The van der Waals surface area contributed by atoms with Crippen LogP contribution in [0.25, 0.3) is 27.7 Å². The number of morpholine rings is 1. The maximum Gasteiger partial charge on any atom is 0.160 e. The lowest BCUT2D eigenvalue weighted by atomic mass is 10.1. The number of anilines is 1. The minimum atomic E-state index is 0.0970. The van der Waals surface area contributed by atoms with Crippen LogP contribution >= 0.6 is 11.8 Å². The molecule has 1 saturated heterocycles. The molecule has 1 atom stereocenters. The average Bonchev–Trinajstić information content (AvgIpc) is 3.52. The van der Waals surface area contributed by atoms with Gasteiger partial charge in [-0.05, 0) is 17.7 Å². The molecule has 30 heavy (non-hydrogen) atoms. The Hall–Kier alpha value is -3.01. The zero-order valence-corrected chi connectivity index (χ0v) is 17.0. The molecule has 0 aliphatic carbocycles. The predicted octanol–water partition coefficient (Wildman–Crippen LogP) is 2.80. The SMILES string of the molecule is NC1=CSC(N2CCOCC2)N1c1cc(-c2ccc3cn[nH]c3c2)cn2ccnc12. The van der Waals surface area contributed by atoms with Crippen molar-refractivity contribution in [2.75, 3.05) is 31.2 Å². The average molecular weight is 420 g/mol. The predicted molar refractivity (Wildman–Crippen MR) is 119 cm³/mol. The van der Waals surface area contributed by atoms with E-state index in [1.165, 1.54) is 0 Å². The molecule has 2 aliphatic rings. The summed E-state index contributed by atoms with van der Waals surface area (Å²) in [7, 11) is 0. The summed E-state index contributed by atoms with van der Waals surface area (Å²) in [5, 5.41) is 10.3. The van der Waals surface area contributed by atoms with Crippen molar-refractivity contribution in [1.29, 1.82) is 0 Å². The number of imidazole rings is 1. The van der Waals surface area contributed by atoms with E-state index in [-0.39, 0.29) is 5.50 Å². The first-order valence-corrected chi connectivity index (χ1v) is 10.8. The molecule has 0 spiro atoms. The van der Waals surface area contributed by atoms with Crippen molar-refractivity contribution in [2.45, 2.75) is 5.50 Å². The van der Waals surface area contributed by atoms with Crippen LogP contribution in [0.3, 0.4) is 0 Å². The minimum absolute atomic E-state index is 0.0970. The number of nitrogens with one attached hydrogen (secondary N) is 1. The molecule has 1 unspecified atom stereocenters. The second kappa shape index (κ2) is 7.05. The molecule has 1 fully saturated rings. The summed E-state index contributed by atoms with van der Waals surface area (Å²) in [6.45, 7) is 3.26. The Bertz CT molecular complexity index is 1260. The number of fused-ring (bicyclic) bond motifs is 2. The van der Waals surface area contributed by atoms with Gasteiger partial charge in [0.25, 0.3) is 0 Å². The first kappa shape index (κ1) is 17.8. The van der Waals surface area contributed by atoms with Crippen LogP contribution in [0, 0.1) is 0 Å². The van der Waals surface area contributed by atoms with Crippen molar-refractivity contribution in [3.63, 3.8) is 0 Å². The van der Waals surface area contributed by atoms with Gasteiger partial charge < -0.3 is 14.9 Å². The molecule has 1 aromatic carbocycles. The third-order valence-corrected chi connectivity index (χ3v) is 6.80. The Morgan fingerprint density at radius 2 is 2.07 bits per heavy atom. The number of hydrogen-bond acceptors (Lipinski definition) is 7. The zero-order chi connectivity index (χ0) is 20.1. The number of benzene rings is 1. The van der Waals surface area contributed by atoms with Crippen LogP contribution < -0.4 is 10.6 Å². The number of nitrogens with zero attached hydrogens (tertiary/aromatic N) is 5. The van der Waals surface area contributed by atoms with Crippen LogP contribution in [0.15, 0.2) is 60.3 Å². The van der Waals surface area contributed by atoms with E-state index in [1.807, 2.05) is 24.0 Å². The summed E-state index contributed by atoms with van der Waals surface area (Å²) in [4.78, 5) is 9.22. The molecule has 9 heteroatoms. The molecule has 0 saturated carbocycles. The van der Waals surface area contributed by atoms with Gasteiger partial charge in [0, 0.05) is 48.0 Å². The fourth-order valence-corrected chi connectivity index (χ4v) is 5.26. The largest absolute Gasteiger partial charge is 0.385 e. The van der Waals surface area contributed by atoms with E-state index < -0.39 is 0 Å². The Morgan fingerprint density at radius 3 is 2.97 bits per heavy atom. The highest BCUT2D eigenvalue weighted by molar-refractivity contribution is 8.03. The molecule has 8 nitrogen and oxygen atoms in total. The van der Waals surface area contributed by atoms with E-state index in [4.69, 9.17) is 10.5 Å². The number of H-pyrrole nitrogens is 1. The van der Waals surface area contributed by atoms with Gasteiger partial charge in [-0.3, -0.25) is 14.9 Å². The van der Waals surface area contributed by atoms with Gasteiger partial charge in [-0.25, -0.2) is 4.98 Å². The molecule has 0 radical (unpaired) electrons. The van der Waals surface area contributed by atoms with Crippen molar-refractivity contribution in [2.24, 2.45) is 5.73 Å². The standard InChI is InChI=1S/C21H21N7OS/c22-19-13-30-21(26-5-7-29-8-6-26)28(19)18-10-16(12-27-4-3-23-20(18)27)14-1-2-15-11-24-25-17(15)9-14/h1-4,9-13,21H,5-8,22H2,(H,24,25). The highest BCUT2D eigenvalue weighted by Gasteiger charge is 2.34. The van der Waals surface area contributed by atoms with Crippen molar-refractivity contribution in [3.05, 3.63) is 60.3 Å². The second-order valence-electron chi connectivity index (χ2n) is 7.47. The third kappa shape index (κ3) is 2.85.